The Balaban J connectivity index is 1.95. The molecule has 1 aromatic carbocycles. The summed E-state index contributed by atoms with van der Waals surface area (Å²) < 4.78 is 43.2. The molecular formula is C15H13ClN2O5S2. The molecule has 3 aromatic rings. The van der Waals surface area contributed by atoms with Crippen molar-refractivity contribution in [3.63, 3.8) is 0 Å². The number of thiophene rings is 1. The highest BCUT2D eigenvalue weighted by atomic mass is 35.5. The van der Waals surface area contributed by atoms with Gasteiger partial charge in [-0.3, -0.25) is 4.72 Å². The SMILES string of the molecule is COc1cc(Cl)c(NS(=O)(=O)c2ccc(-c3ccno3)s2)c(OC)c1. The van der Waals surface area contributed by atoms with Crippen LogP contribution < -0.4 is 14.2 Å². The number of rotatable bonds is 6. The van der Waals surface area contributed by atoms with Crippen molar-refractivity contribution in [3.8, 4) is 22.1 Å². The van der Waals surface area contributed by atoms with Gasteiger partial charge in [0.1, 0.15) is 21.4 Å². The van der Waals surface area contributed by atoms with Gasteiger partial charge in [0.25, 0.3) is 10.0 Å². The fourth-order valence-electron chi connectivity index (χ4n) is 2.06. The highest BCUT2D eigenvalue weighted by Gasteiger charge is 2.22. The van der Waals surface area contributed by atoms with E-state index in [2.05, 4.69) is 9.88 Å². The summed E-state index contributed by atoms with van der Waals surface area (Å²) in [6.07, 6.45) is 1.49. The Morgan fingerprint density at radius 2 is 2.00 bits per heavy atom. The minimum absolute atomic E-state index is 0.104. The van der Waals surface area contributed by atoms with Gasteiger partial charge in [0, 0.05) is 18.2 Å². The molecule has 0 atom stereocenters. The number of aromatic nitrogens is 1. The maximum atomic E-state index is 12.7. The molecule has 132 valence electrons. The zero-order valence-corrected chi connectivity index (χ0v) is 15.5. The number of halogens is 1. The smallest absolute Gasteiger partial charge is 0.271 e. The molecule has 1 N–H and O–H groups in total. The Hall–Kier alpha value is -2.23. The zero-order chi connectivity index (χ0) is 18.0. The van der Waals surface area contributed by atoms with E-state index in [1.807, 2.05) is 0 Å². The summed E-state index contributed by atoms with van der Waals surface area (Å²) in [5.41, 5.74) is 0.139. The number of hydrogen-bond acceptors (Lipinski definition) is 7. The van der Waals surface area contributed by atoms with Crippen LogP contribution in [0.3, 0.4) is 0 Å². The van der Waals surface area contributed by atoms with Gasteiger partial charge in [-0.25, -0.2) is 8.42 Å². The summed E-state index contributed by atoms with van der Waals surface area (Å²) in [6.45, 7) is 0. The molecular weight excluding hydrogens is 388 g/mol. The van der Waals surface area contributed by atoms with Gasteiger partial charge in [-0.2, -0.15) is 0 Å². The molecule has 0 aliphatic rings. The third-order valence-corrected chi connectivity index (χ3v) is 6.49. The first-order valence-corrected chi connectivity index (χ1v) is 9.57. The zero-order valence-electron chi connectivity index (χ0n) is 13.1. The second-order valence-electron chi connectivity index (χ2n) is 4.79. The van der Waals surface area contributed by atoms with E-state index in [1.165, 1.54) is 38.6 Å². The Morgan fingerprint density at radius 1 is 1.20 bits per heavy atom. The van der Waals surface area contributed by atoms with Gasteiger partial charge in [-0.1, -0.05) is 16.8 Å². The molecule has 10 heteroatoms. The monoisotopic (exact) mass is 400 g/mol. The van der Waals surface area contributed by atoms with Crippen molar-refractivity contribution in [2.24, 2.45) is 0 Å². The molecule has 25 heavy (non-hydrogen) atoms. The molecule has 0 spiro atoms. The largest absolute Gasteiger partial charge is 0.497 e. The van der Waals surface area contributed by atoms with Crippen LogP contribution in [0.2, 0.25) is 5.02 Å². The van der Waals surface area contributed by atoms with Crippen molar-refractivity contribution in [1.82, 2.24) is 5.16 Å². The van der Waals surface area contributed by atoms with E-state index in [0.717, 1.165) is 11.3 Å². The molecule has 0 bridgehead atoms. The van der Waals surface area contributed by atoms with Gasteiger partial charge in [0.2, 0.25) is 0 Å². The molecule has 0 amide bonds. The summed E-state index contributed by atoms with van der Waals surface area (Å²) >= 11 is 7.22. The summed E-state index contributed by atoms with van der Waals surface area (Å²) in [6, 6.07) is 7.81. The molecule has 0 aliphatic carbocycles. The molecule has 0 saturated heterocycles. The number of nitrogens with one attached hydrogen (secondary N) is 1. The summed E-state index contributed by atoms with van der Waals surface area (Å²) in [5.74, 6) is 1.19. The molecule has 7 nitrogen and oxygen atoms in total. The lowest BCUT2D eigenvalue weighted by molar-refractivity contribution is 0.395. The maximum absolute atomic E-state index is 12.7. The van der Waals surface area contributed by atoms with Crippen molar-refractivity contribution in [2.45, 2.75) is 4.21 Å². The first kappa shape index (κ1) is 17.6. The van der Waals surface area contributed by atoms with Crippen LogP contribution in [0.15, 0.2) is 45.3 Å². The van der Waals surface area contributed by atoms with E-state index in [-0.39, 0.29) is 20.7 Å². The fourth-order valence-corrected chi connectivity index (χ4v) is 4.72. The van der Waals surface area contributed by atoms with Crippen LogP contribution in [-0.4, -0.2) is 27.8 Å². The van der Waals surface area contributed by atoms with Crippen LogP contribution >= 0.6 is 22.9 Å². The highest BCUT2D eigenvalue weighted by molar-refractivity contribution is 7.94. The molecule has 0 saturated carbocycles. The number of ether oxygens (including phenoxy) is 2. The molecule has 3 rings (SSSR count). The number of nitrogens with zero attached hydrogens (tertiary/aromatic N) is 1. The van der Waals surface area contributed by atoms with E-state index in [9.17, 15) is 8.42 Å². The molecule has 0 fully saturated rings. The quantitative estimate of drug-likeness (QED) is 0.675. The molecule has 2 aromatic heterocycles. The minimum Gasteiger partial charge on any atom is -0.497 e. The second kappa shape index (κ2) is 6.95. The Morgan fingerprint density at radius 3 is 2.64 bits per heavy atom. The number of methoxy groups -OCH3 is 2. The van der Waals surface area contributed by atoms with Crippen molar-refractivity contribution in [3.05, 3.63) is 41.6 Å². The van der Waals surface area contributed by atoms with E-state index in [1.54, 1.807) is 12.1 Å². The van der Waals surface area contributed by atoms with Crippen LogP contribution in [0.1, 0.15) is 0 Å². The third-order valence-electron chi connectivity index (χ3n) is 3.25. The number of hydrogen-bond donors (Lipinski definition) is 1. The van der Waals surface area contributed by atoms with Gasteiger partial charge in [-0.15, -0.1) is 11.3 Å². The van der Waals surface area contributed by atoms with E-state index in [4.69, 9.17) is 25.6 Å². The van der Waals surface area contributed by atoms with Gasteiger partial charge in [0.15, 0.2) is 5.76 Å². The third kappa shape index (κ3) is 3.58. The topological polar surface area (TPSA) is 90.7 Å². The second-order valence-corrected chi connectivity index (χ2v) is 8.19. The van der Waals surface area contributed by atoms with Crippen LogP contribution in [0.4, 0.5) is 5.69 Å². The summed E-state index contributed by atoms with van der Waals surface area (Å²) in [5, 5.41) is 3.77. The predicted octanol–water partition coefficient (Wildman–Crippen LogP) is 3.87. The number of anilines is 1. The molecule has 2 heterocycles. The highest BCUT2D eigenvalue weighted by Crippen LogP contribution is 2.39. The lowest BCUT2D eigenvalue weighted by atomic mass is 10.3. The van der Waals surface area contributed by atoms with Gasteiger partial charge in [-0.05, 0) is 12.1 Å². The van der Waals surface area contributed by atoms with Gasteiger partial charge >= 0.3 is 0 Å². The van der Waals surface area contributed by atoms with Gasteiger partial charge < -0.3 is 14.0 Å². The molecule has 0 radical (unpaired) electrons. The van der Waals surface area contributed by atoms with Gasteiger partial charge in [0.05, 0.1) is 30.3 Å². The van der Waals surface area contributed by atoms with E-state index in [0.29, 0.717) is 16.4 Å². The first-order valence-electron chi connectivity index (χ1n) is 6.90. The number of sulfonamides is 1. The Labute approximate surface area is 153 Å². The minimum atomic E-state index is -3.86. The van der Waals surface area contributed by atoms with Crippen molar-refractivity contribution in [2.75, 3.05) is 18.9 Å². The van der Waals surface area contributed by atoms with Crippen molar-refractivity contribution >= 4 is 38.6 Å². The molecule has 0 unspecified atom stereocenters. The van der Waals surface area contributed by atoms with E-state index < -0.39 is 10.0 Å². The summed E-state index contributed by atoms with van der Waals surface area (Å²) in [4.78, 5) is 0.644. The first-order chi connectivity index (χ1) is 11.9. The Bertz CT molecular complexity index is 984. The van der Waals surface area contributed by atoms with Crippen LogP contribution in [-0.2, 0) is 10.0 Å². The Kier molecular flexibility index (Phi) is 4.89. The average Bonchev–Trinajstić information content (AvgIpc) is 3.27. The standard InChI is InChI=1S/C15H13ClN2O5S2/c1-21-9-7-10(16)15(12(8-9)22-2)18-25(19,20)14-4-3-13(24-14)11-5-6-17-23-11/h3-8,18H,1-2H3. The maximum Gasteiger partial charge on any atom is 0.271 e. The van der Waals surface area contributed by atoms with Crippen molar-refractivity contribution < 1.29 is 22.4 Å². The average molecular weight is 401 g/mol. The van der Waals surface area contributed by atoms with Crippen LogP contribution in [0.25, 0.3) is 10.6 Å². The number of benzene rings is 1. The fraction of sp³-hybridized carbons (Fsp3) is 0.133. The van der Waals surface area contributed by atoms with Crippen LogP contribution in [0, 0.1) is 0 Å². The summed E-state index contributed by atoms with van der Waals surface area (Å²) in [7, 11) is -0.967. The lowest BCUT2D eigenvalue weighted by Crippen LogP contribution is -2.12. The van der Waals surface area contributed by atoms with E-state index >= 15 is 0 Å². The van der Waals surface area contributed by atoms with Crippen LogP contribution in [0.5, 0.6) is 11.5 Å². The van der Waals surface area contributed by atoms with Crippen molar-refractivity contribution in [1.29, 1.82) is 0 Å². The predicted molar refractivity (Wildman–Crippen MR) is 95.2 cm³/mol. The lowest BCUT2D eigenvalue weighted by Gasteiger charge is -2.14. The normalized spacial score (nSPS) is 11.3. The molecule has 0 aliphatic heterocycles.